The highest BCUT2D eigenvalue weighted by Gasteiger charge is 2.21. The van der Waals surface area contributed by atoms with E-state index in [-0.39, 0.29) is 30.0 Å². The second-order valence-electron chi connectivity index (χ2n) is 7.37. The molecule has 0 radical (unpaired) electrons. The normalized spacial score (nSPS) is 11.9. The Bertz CT molecular complexity index is 1380. The highest BCUT2D eigenvalue weighted by atomic mass is 16.5. The first-order chi connectivity index (χ1) is 15.5. The van der Waals surface area contributed by atoms with Crippen molar-refractivity contribution >= 4 is 16.7 Å². The lowest BCUT2D eigenvalue weighted by Gasteiger charge is -2.20. The van der Waals surface area contributed by atoms with Crippen LogP contribution in [0.1, 0.15) is 23.9 Å². The van der Waals surface area contributed by atoms with Crippen molar-refractivity contribution in [1.82, 2.24) is 24.6 Å². The predicted molar refractivity (Wildman–Crippen MR) is 120 cm³/mol. The molecule has 0 fully saturated rings. The number of methoxy groups -OCH3 is 1. The molecule has 9 heteroatoms. The summed E-state index contributed by atoms with van der Waals surface area (Å²) in [5.41, 5.74) is 0.0904. The van der Waals surface area contributed by atoms with Crippen molar-refractivity contribution in [3.8, 4) is 5.75 Å². The van der Waals surface area contributed by atoms with Gasteiger partial charge < -0.3 is 14.6 Å². The van der Waals surface area contributed by atoms with Gasteiger partial charge in [-0.05, 0) is 29.8 Å². The molecule has 0 aliphatic heterocycles. The third kappa shape index (κ3) is 4.18. The molecule has 9 nitrogen and oxygen atoms in total. The number of rotatable bonds is 7. The van der Waals surface area contributed by atoms with Crippen LogP contribution < -0.4 is 21.2 Å². The van der Waals surface area contributed by atoms with E-state index in [0.29, 0.717) is 22.3 Å². The minimum absolute atomic E-state index is 0.000914. The van der Waals surface area contributed by atoms with Crippen LogP contribution >= 0.6 is 0 Å². The summed E-state index contributed by atoms with van der Waals surface area (Å²) in [7, 11) is 3.43. The van der Waals surface area contributed by atoms with Crippen molar-refractivity contribution in [2.45, 2.75) is 19.0 Å². The Hall–Kier alpha value is -4.14. The largest absolute Gasteiger partial charge is 0.497 e. The van der Waals surface area contributed by atoms with Gasteiger partial charge in [-0.3, -0.25) is 19.5 Å². The van der Waals surface area contributed by atoms with Crippen molar-refractivity contribution in [3.05, 3.63) is 93.0 Å². The standard InChI is InChI=1S/C23H23N5O4/c1-27-13-11-24-21(27)20(15-6-5-7-16(14-15)32-2)25-19(29)10-12-28-23(31)18-9-4-3-8-17(18)22(30)26-28/h3-9,11,13-14,20H,10,12H2,1-2H3,(H,25,29)(H,26,30). The molecule has 0 aliphatic rings. The van der Waals surface area contributed by atoms with Crippen molar-refractivity contribution < 1.29 is 9.53 Å². The Kier molecular flexibility index (Phi) is 5.89. The molecular formula is C23H23N5O4. The molecule has 0 saturated heterocycles. The first-order valence-corrected chi connectivity index (χ1v) is 10.1. The summed E-state index contributed by atoms with van der Waals surface area (Å²) >= 11 is 0. The quantitative estimate of drug-likeness (QED) is 0.461. The van der Waals surface area contributed by atoms with E-state index in [2.05, 4.69) is 15.4 Å². The fourth-order valence-corrected chi connectivity index (χ4v) is 3.62. The third-order valence-electron chi connectivity index (χ3n) is 5.30. The number of aryl methyl sites for hydroxylation is 2. The zero-order valence-electron chi connectivity index (χ0n) is 17.7. The number of aromatic amines is 1. The number of hydrogen-bond acceptors (Lipinski definition) is 5. The van der Waals surface area contributed by atoms with Gasteiger partial charge in [0.15, 0.2) is 0 Å². The fraction of sp³-hybridized carbons (Fsp3) is 0.217. The van der Waals surface area contributed by atoms with Gasteiger partial charge >= 0.3 is 0 Å². The van der Waals surface area contributed by atoms with Crippen LogP contribution in [0.25, 0.3) is 10.8 Å². The van der Waals surface area contributed by atoms with Crippen LogP contribution in [-0.4, -0.2) is 32.3 Å². The van der Waals surface area contributed by atoms with Gasteiger partial charge in [-0.25, -0.2) is 9.67 Å². The molecule has 2 aromatic heterocycles. The average Bonchev–Trinajstić information content (AvgIpc) is 3.24. The Morgan fingerprint density at radius 3 is 2.66 bits per heavy atom. The monoisotopic (exact) mass is 433 g/mol. The zero-order valence-corrected chi connectivity index (χ0v) is 17.7. The second-order valence-corrected chi connectivity index (χ2v) is 7.37. The van der Waals surface area contributed by atoms with Crippen LogP contribution in [-0.2, 0) is 18.4 Å². The van der Waals surface area contributed by atoms with Gasteiger partial charge in [0.1, 0.15) is 17.6 Å². The Morgan fingerprint density at radius 1 is 1.16 bits per heavy atom. The lowest BCUT2D eigenvalue weighted by atomic mass is 10.1. The molecule has 0 aliphatic carbocycles. The Balaban J connectivity index is 1.56. The number of nitrogens with zero attached hydrogens (tertiary/aromatic N) is 3. The Morgan fingerprint density at radius 2 is 1.94 bits per heavy atom. The van der Waals surface area contributed by atoms with Crippen LogP contribution in [0.3, 0.4) is 0 Å². The highest BCUT2D eigenvalue weighted by molar-refractivity contribution is 5.80. The minimum Gasteiger partial charge on any atom is -0.497 e. The number of H-pyrrole nitrogens is 1. The zero-order chi connectivity index (χ0) is 22.7. The summed E-state index contributed by atoms with van der Waals surface area (Å²) in [6.07, 6.45) is 3.46. The number of nitrogens with one attached hydrogen (secondary N) is 2. The molecule has 2 aromatic carbocycles. The second kappa shape index (κ2) is 8.93. The van der Waals surface area contributed by atoms with Crippen LogP contribution in [0.4, 0.5) is 0 Å². The van der Waals surface area contributed by atoms with Gasteiger partial charge in [0.05, 0.1) is 24.4 Å². The number of carbonyl (C=O) groups is 1. The summed E-state index contributed by atoms with van der Waals surface area (Å²) in [6.45, 7) is 0.0378. The lowest BCUT2D eigenvalue weighted by molar-refractivity contribution is -0.121. The first kappa shape index (κ1) is 21.1. The smallest absolute Gasteiger partial charge is 0.273 e. The van der Waals surface area contributed by atoms with E-state index in [9.17, 15) is 14.4 Å². The summed E-state index contributed by atoms with van der Waals surface area (Å²) < 4.78 is 8.31. The summed E-state index contributed by atoms with van der Waals surface area (Å²) in [6, 6.07) is 13.5. The summed E-state index contributed by atoms with van der Waals surface area (Å²) in [5.74, 6) is 1.03. The fourth-order valence-electron chi connectivity index (χ4n) is 3.62. The number of amides is 1. The van der Waals surface area contributed by atoms with Crippen LogP contribution in [0, 0.1) is 0 Å². The van der Waals surface area contributed by atoms with Crippen molar-refractivity contribution in [3.63, 3.8) is 0 Å². The molecule has 1 atom stereocenters. The van der Waals surface area contributed by atoms with Gasteiger partial charge in [-0.1, -0.05) is 24.3 Å². The molecular weight excluding hydrogens is 410 g/mol. The number of hydrogen-bond donors (Lipinski definition) is 2. The molecule has 1 unspecified atom stereocenters. The van der Waals surface area contributed by atoms with Crippen LogP contribution in [0.2, 0.25) is 0 Å². The SMILES string of the molecule is COc1cccc(C(NC(=O)CCn2[nH]c(=O)c3ccccc3c2=O)c2nccn2C)c1. The van der Waals surface area contributed by atoms with E-state index in [1.54, 1.807) is 43.8 Å². The Labute approximate surface area is 183 Å². The maximum absolute atomic E-state index is 12.8. The number of carbonyl (C=O) groups excluding carboxylic acids is 1. The van der Waals surface area contributed by atoms with Crippen molar-refractivity contribution in [2.24, 2.45) is 7.05 Å². The van der Waals surface area contributed by atoms with Crippen LogP contribution in [0.15, 0.2) is 70.5 Å². The van der Waals surface area contributed by atoms with E-state index in [1.807, 2.05) is 35.9 Å². The lowest BCUT2D eigenvalue weighted by Crippen LogP contribution is -2.34. The van der Waals surface area contributed by atoms with Crippen molar-refractivity contribution in [2.75, 3.05) is 7.11 Å². The van der Waals surface area contributed by atoms with E-state index in [1.165, 1.54) is 4.68 Å². The van der Waals surface area contributed by atoms with Gasteiger partial charge in [-0.2, -0.15) is 0 Å². The summed E-state index contributed by atoms with van der Waals surface area (Å²) in [4.78, 5) is 42.2. The molecule has 0 spiro atoms. The van der Waals surface area contributed by atoms with Gasteiger partial charge in [-0.15, -0.1) is 0 Å². The van der Waals surface area contributed by atoms with E-state index >= 15 is 0 Å². The number of fused-ring (bicyclic) bond motifs is 1. The number of benzene rings is 2. The molecule has 32 heavy (non-hydrogen) atoms. The minimum atomic E-state index is -0.509. The van der Waals surface area contributed by atoms with Gasteiger partial charge in [0.25, 0.3) is 11.1 Å². The van der Waals surface area contributed by atoms with E-state index in [0.717, 1.165) is 5.56 Å². The predicted octanol–water partition coefficient (Wildman–Crippen LogP) is 1.73. The maximum atomic E-state index is 12.8. The van der Waals surface area contributed by atoms with E-state index in [4.69, 9.17) is 4.74 Å². The molecule has 4 aromatic rings. The highest BCUT2D eigenvalue weighted by Crippen LogP contribution is 2.24. The molecule has 0 saturated carbocycles. The number of ether oxygens (including phenoxy) is 1. The number of imidazole rings is 1. The molecule has 2 heterocycles. The average molecular weight is 433 g/mol. The van der Waals surface area contributed by atoms with E-state index < -0.39 is 6.04 Å². The van der Waals surface area contributed by atoms with Crippen LogP contribution in [0.5, 0.6) is 5.75 Å². The first-order valence-electron chi connectivity index (χ1n) is 10.1. The van der Waals surface area contributed by atoms with Gasteiger partial charge in [0.2, 0.25) is 5.91 Å². The molecule has 2 N–H and O–H groups in total. The topological polar surface area (TPSA) is 111 Å². The van der Waals surface area contributed by atoms with Gasteiger partial charge in [0, 0.05) is 25.9 Å². The summed E-state index contributed by atoms with van der Waals surface area (Å²) in [5, 5.41) is 6.17. The third-order valence-corrected chi connectivity index (χ3v) is 5.30. The molecule has 164 valence electrons. The molecule has 1 amide bonds. The van der Waals surface area contributed by atoms with Crippen molar-refractivity contribution in [1.29, 1.82) is 0 Å². The maximum Gasteiger partial charge on any atom is 0.273 e. The molecule has 4 rings (SSSR count). The molecule has 0 bridgehead atoms. The number of aromatic nitrogens is 4.